The second kappa shape index (κ2) is 13.0. The number of unbranched alkanes of at least 4 members (excludes halogenated alkanes) is 3. The third-order valence-electron chi connectivity index (χ3n) is 2.88. The van der Waals surface area contributed by atoms with Crippen molar-refractivity contribution >= 4 is 14.8 Å². The highest BCUT2D eigenvalue weighted by Crippen LogP contribution is 2.20. The lowest BCUT2D eigenvalue weighted by atomic mass is 10.2. The van der Waals surface area contributed by atoms with Crippen molar-refractivity contribution < 1.29 is 22.8 Å². The predicted molar refractivity (Wildman–Crippen MR) is 85.1 cm³/mol. The molecule has 0 aromatic carbocycles. The summed E-state index contributed by atoms with van der Waals surface area (Å²) in [4.78, 5) is 11.0. The van der Waals surface area contributed by atoms with Crippen molar-refractivity contribution in [3.8, 4) is 0 Å². The van der Waals surface area contributed by atoms with Gasteiger partial charge < -0.3 is 18.0 Å². The monoisotopic (exact) mass is 318 g/mol. The Kier molecular flexibility index (Phi) is 12.6. The van der Waals surface area contributed by atoms with Crippen LogP contribution < -0.4 is 0 Å². The summed E-state index contributed by atoms with van der Waals surface area (Å²) in [5.41, 5.74) is 0. The zero-order chi connectivity index (χ0) is 16.0. The van der Waals surface area contributed by atoms with Crippen molar-refractivity contribution in [1.82, 2.24) is 0 Å². The van der Waals surface area contributed by atoms with Crippen LogP contribution in [0.3, 0.4) is 0 Å². The molecule has 0 aromatic rings. The van der Waals surface area contributed by atoms with E-state index in [9.17, 15) is 4.79 Å². The van der Waals surface area contributed by atoms with Crippen LogP contribution in [0.25, 0.3) is 0 Å². The quantitative estimate of drug-likeness (QED) is 0.213. The van der Waals surface area contributed by atoms with Crippen LogP contribution in [0.2, 0.25) is 6.04 Å². The number of carbonyl (C=O) groups is 1. The van der Waals surface area contributed by atoms with Crippen molar-refractivity contribution in [2.45, 2.75) is 52.5 Å². The van der Waals surface area contributed by atoms with Crippen LogP contribution in [0.5, 0.6) is 0 Å². The standard InChI is InChI=1S/C15H30O5Si/c1-5-9-10-11-14-21(18-7-3,19-8-4)20-13-12-17-15(16)6-2/h6H,2,5,7-14H2,1,3-4H3. The summed E-state index contributed by atoms with van der Waals surface area (Å²) >= 11 is 0. The number of rotatable bonds is 14. The van der Waals surface area contributed by atoms with Crippen LogP contribution in [-0.4, -0.2) is 41.2 Å². The van der Waals surface area contributed by atoms with Gasteiger partial charge in [-0.3, -0.25) is 0 Å². The first kappa shape index (κ1) is 20.3. The van der Waals surface area contributed by atoms with Gasteiger partial charge in [-0.1, -0.05) is 32.8 Å². The minimum Gasteiger partial charge on any atom is -0.460 e. The normalized spacial score (nSPS) is 11.4. The molecule has 0 radical (unpaired) electrons. The van der Waals surface area contributed by atoms with Crippen LogP contribution in [-0.2, 0) is 22.8 Å². The molecule has 124 valence electrons. The number of esters is 1. The maximum atomic E-state index is 11.0. The third-order valence-corrected chi connectivity index (χ3v) is 5.95. The fraction of sp³-hybridized carbons (Fsp3) is 0.800. The van der Waals surface area contributed by atoms with E-state index in [1.54, 1.807) is 0 Å². The molecule has 0 saturated heterocycles. The summed E-state index contributed by atoms with van der Waals surface area (Å²) in [7, 11) is -2.64. The zero-order valence-electron chi connectivity index (χ0n) is 13.7. The van der Waals surface area contributed by atoms with Crippen molar-refractivity contribution in [3.63, 3.8) is 0 Å². The van der Waals surface area contributed by atoms with E-state index in [4.69, 9.17) is 18.0 Å². The first-order valence-electron chi connectivity index (χ1n) is 7.85. The van der Waals surface area contributed by atoms with E-state index in [2.05, 4.69) is 13.5 Å². The topological polar surface area (TPSA) is 54.0 Å². The van der Waals surface area contributed by atoms with Crippen LogP contribution in [0.4, 0.5) is 0 Å². The molecular formula is C15H30O5Si. The second-order valence-corrected chi connectivity index (χ2v) is 7.31. The maximum Gasteiger partial charge on any atom is 0.501 e. The van der Waals surface area contributed by atoms with E-state index in [1.807, 2.05) is 13.8 Å². The van der Waals surface area contributed by atoms with Gasteiger partial charge in [0.25, 0.3) is 0 Å². The molecule has 0 saturated carbocycles. The van der Waals surface area contributed by atoms with Gasteiger partial charge in [0.15, 0.2) is 0 Å². The van der Waals surface area contributed by atoms with Crippen LogP contribution in [0.15, 0.2) is 12.7 Å². The number of ether oxygens (including phenoxy) is 1. The SMILES string of the molecule is C=CC(=O)OCCO[Si](CCCCCC)(OCC)OCC. The molecule has 5 nitrogen and oxygen atoms in total. The van der Waals surface area contributed by atoms with Crippen molar-refractivity contribution in [1.29, 1.82) is 0 Å². The summed E-state index contributed by atoms with van der Waals surface area (Å²) < 4.78 is 22.4. The van der Waals surface area contributed by atoms with Crippen LogP contribution in [0.1, 0.15) is 46.5 Å². The molecule has 0 aliphatic heterocycles. The molecule has 0 heterocycles. The lowest BCUT2D eigenvalue weighted by Crippen LogP contribution is -2.46. The largest absolute Gasteiger partial charge is 0.501 e. The van der Waals surface area contributed by atoms with E-state index >= 15 is 0 Å². The first-order valence-corrected chi connectivity index (χ1v) is 9.78. The predicted octanol–water partition coefficient (Wildman–Crippen LogP) is 3.32. The van der Waals surface area contributed by atoms with Gasteiger partial charge in [-0.25, -0.2) is 4.79 Å². The third kappa shape index (κ3) is 9.79. The van der Waals surface area contributed by atoms with E-state index in [1.165, 1.54) is 12.8 Å². The van der Waals surface area contributed by atoms with E-state index in [0.29, 0.717) is 19.8 Å². The fourth-order valence-corrected chi connectivity index (χ4v) is 4.59. The van der Waals surface area contributed by atoms with Gasteiger partial charge >= 0.3 is 14.8 Å². The number of hydrogen-bond acceptors (Lipinski definition) is 5. The molecule has 6 heteroatoms. The Morgan fingerprint density at radius 3 is 2.19 bits per heavy atom. The Hall–Kier alpha value is -0.693. The summed E-state index contributed by atoms with van der Waals surface area (Å²) in [6.07, 6.45) is 5.73. The number of hydrogen-bond donors (Lipinski definition) is 0. The van der Waals surface area contributed by atoms with Gasteiger partial charge in [-0.2, -0.15) is 0 Å². The molecule has 0 spiro atoms. The van der Waals surface area contributed by atoms with Crippen molar-refractivity contribution in [2.24, 2.45) is 0 Å². The highest BCUT2D eigenvalue weighted by molar-refractivity contribution is 6.60. The molecule has 0 aromatic heterocycles. The van der Waals surface area contributed by atoms with Gasteiger partial charge in [0.2, 0.25) is 0 Å². The zero-order valence-corrected chi connectivity index (χ0v) is 14.7. The van der Waals surface area contributed by atoms with Gasteiger partial charge in [0, 0.05) is 25.3 Å². The Labute approximate surface area is 130 Å². The Balaban J connectivity index is 4.32. The maximum absolute atomic E-state index is 11.0. The average molecular weight is 318 g/mol. The van der Waals surface area contributed by atoms with Gasteiger partial charge in [0.1, 0.15) is 6.61 Å². The van der Waals surface area contributed by atoms with E-state index in [0.717, 1.165) is 25.0 Å². The molecular weight excluding hydrogens is 288 g/mol. The number of carbonyl (C=O) groups excluding carboxylic acids is 1. The molecule has 0 unspecified atom stereocenters. The lowest BCUT2D eigenvalue weighted by molar-refractivity contribution is -0.138. The summed E-state index contributed by atoms with van der Waals surface area (Å²) in [6.45, 7) is 11.0. The van der Waals surface area contributed by atoms with E-state index < -0.39 is 14.8 Å². The molecule has 0 bridgehead atoms. The van der Waals surface area contributed by atoms with Crippen molar-refractivity contribution in [2.75, 3.05) is 26.4 Å². The minimum atomic E-state index is -2.64. The Bertz CT molecular complexity index is 277. The van der Waals surface area contributed by atoms with Gasteiger partial charge in [0.05, 0.1) is 6.61 Å². The Morgan fingerprint density at radius 2 is 1.67 bits per heavy atom. The van der Waals surface area contributed by atoms with Gasteiger partial charge in [-0.15, -0.1) is 0 Å². The van der Waals surface area contributed by atoms with Gasteiger partial charge in [-0.05, 0) is 20.3 Å². The van der Waals surface area contributed by atoms with Crippen LogP contribution in [0, 0.1) is 0 Å². The molecule has 0 aliphatic carbocycles. The Morgan fingerprint density at radius 1 is 1.00 bits per heavy atom. The average Bonchev–Trinajstić information content (AvgIpc) is 2.48. The highest BCUT2D eigenvalue weighted by atomic mass is 28.4. The van der Waals surface area contributed by atoms with E-state index in [-0.39, 0.29) is 6.61 Å². The molecule has 0 rings (SSSR count). The second-order valence-electron chi connectivity index (χ2n) is 4.58. The summed E-state index contributed by atoms with van der Waals surface area (Å²) in [5.74, 6) is -0.443. The van der Waals surface area contributed by atoms with Crippen LogP contribution >= 0.6 is 0 Å². The molecule has 0 N–H and O–H groups in total. The first-order chi connectivity index (χ1) is 10.1. The fourth-order valence-electron chi connectivity index (χ4n) is 1.95. The molecule has 0 fully saturated rings. The summed E-state index contributed by atoms with van der Waals surface area (Å²) in [6, 6.07) is 0.810. The summed E-state index contributed by atoms with van der Waals surface area (Å²) in [5, 5.41) is 0. The smallest absolute Gasteiger partial charge is 0.460 e. The molecule has 0 aliphatic rings. The lowest BCUT2D eigenvalue weighted by Gasteiger charge is -2.28. The molecule has 0 amide bonds. The van der Waals surface area contributed by atoms with Crippen molar-refractivity contribution in [3.05, 3.63) is 12.7 Å². The highest BCUT2D eigenvalue weighted by Gasteiger charge is 2.39. The minimum absolute atomic E-state index is 0.189. The molecule has 0 atom stereocenters. The molecule has 21 heavy (non-hydrogen) atoms.